The summed E-state index contributed by atoms with van der Waals surface area (Å²) in [7, 11) is 3.28. The molecule has 0 N–H and O–H groups in total. The molecule has 0 bridgehead atoms. The van der Waals surface area contributed by atoms with Gasteiger partial charge in [-0.25, -0.2) is 9.78 Å². The second kappa shape index (κ2) is 8.47. The van der Waals surface area contributed by atoms with Gasteiger partial charge in [-0.05, 0) is 23.6 Å². The predicted molar refractivity (Wildman–Crippen MR) is 118 cm³/mol. The van der Waals surface area contributed by atoms with Gasteiger partial charge in [0.25, 0.3) is 5.91 Å². The molecule has 1 amide bonds. The molecule has 0 saturated heterocycles. The van der Waals surface area contributed by atoms with E-state index in [1.54, 1.807) is 43.6 Å². The zero-order valence-electron chi connectivity index (χ0n) is 16.6. The van der Waals surface area contributed by atoms with Crippen LogP contribution in [-0.2, 0) is 9.53 Å². The third-order valence-electron chi connectivity index (χ3n) is 4.70. The number of thiophene rings is 1. The minimum absolute atomic E-state index is 0.300. The van der Waals surface area contributed by atoms with Crippen LogP contribution in [0.15, 0.2) is 78.2 Å². The molecule has 1 atom stereocenters. The van der Waals surface area contributed by atoms with E-state index in [9.17, 15) is 9.59 Å². The Balaban J connectivity index is 1.77. The van der Waals surface area contributed by atoms with E-state index in [-0.39, 0.29) is 5.91 Å². The van der Waals surface area contributed by atoms with E-state index in [2.05, 4.69) is 4.98 Å². The first-order valence-corrected chi connectivity index (χ1v) is 10.3. The number of amides is 1. The maximum Gasteiger partial charge on any atom is 0.340 e. The Labute approximate surface area is 178 Å². The van der Waals surface area contributed by atoms with E-state index in [0.717, 1.165) is 4.88 Å². The molecule has 2 heterocycles. The highest BCUT2D eigenvalue weighted by Gasteiger charge is 2.28. The largest absolute Gasteiger partial charge is 0.444 e. The summed E-state index contributed by atoms with van der Waals surface area (Å²) in [5, 5.41) is 2.65. The maximum absolute atomic E-state index is 13.3. The molecule has 5 nitrogen and oxygen atoms in total. The number of hydrogen-bond acceptors (Lipinski definition) is 5. The standard InChI is InChI=1S/C24H20N2O3S/c1-26(2)23(27)22(16-9-4-3-5-10-16)29-24(28)18-15-20(21-13-8-14-30-21)25-19-12-7-6-11-17(18)19/h3-15,22H,1-2H3. The second-order valence-corrected chi connectivity index (χ2v) is 7.93. The summed E-state index contributed by atoms with van der Waals surface area (Å²) < 4.78 is 5.77. The highest BCUT2D eigenvalue weighted by Crippen LogP contribution is 2.29. The number of fused-ring (bicyclic) bond motifs is 1. The van der Waals surface area contributed by atoms with E-state index in [1.807, 2.05) is 60.0 Å². The van der Waals surface area contributed by atoms with Crippen LogP contribution in [0.2, 0.25) is 0 Å². The average molecular weight is 417 g/mol. The van der Waals surface area contributed by atoms with E-state index in [4.69, 9.17) is 4.74 Å². The highest BCUT2D eigenvalue weighted by atomic mass is 32.1. The summed E-state index contributed by atoms with van der Waals surface area (Å²) in [5.41, 5.74) is 2.41. The SMILES string of the molecule is CN(C)C(=O)C(OC(=O)c1cc(-c2cccs2)nc2ccccc12)c1ccccc1. The Bertz CT molecular complexity index is 1190. The van der Waals surface area contributed by atoms with Crippen molar-refractivity contribution in [2.45, 2.75) is 6.10 Å². The molecule has 0 fully saturated rings. The van der Waals surface area contributed by atoms with Gasteiger partial charge in [-0.1, -0.05) is 54.6 Å². The number of ether oxygens (including phenoxy) is 1. The first kappa shape index (κ1) is 19.8. The number of esters is 1. The van der Waals surface area contributed by atoms with Crippen LogP contribution < -0.4 is 0 Å². The molecule has 0 aliphatic rings. The van der Waals surface area contributed by atoms with Crippen LogP contribution in [0, 0.1) is 0 Å². The zero-order chi connectivity index (χ0) is 21.1. The third-order valence-corrected chi connectivity index (χ3v) is 5.59. The van der Waals surface area contributed by atoms with Gasteiger partial charge in [-0.15, -0.1) is 11.3 Å². The summed E-state index contributed by atoms with van der Waals surface area (Å²) in [5.74, 6) is -0.859. The van der Waals surface area contributed by atoms with Crippen LogP contribution >= 0.6 is 11.3 Å². The molecule has 2 aromatic heterocycles. The number of carbonyl (C=O) groups is 2. The third kappa shape index (κ3) is 3.95. The molecule has 2 aromatic carbocycles. The Morgan fingerprint density at radius 2 is 1.70 bits per heavy atom. The number of aromatic nitrogens is 1. The van der Waals surface area contributed by atoms with Gasteiger partial charge in [-0.3, -0.25) is 4.79 Å². The minimum Gasteiger partial charge on any atom is -0.444 e. The van der Waals surface area contributed by atoms with Gasteiger partial charge in [0.05, 0.1) is 21.7 Å². The van der Waals surface area contributed by atoms with E-state index >= 15 is 0 Å². The maximum atomic E-state index is 13.3. The molecule has 0 saturated carbocycles. The van der Waals surface area contributed by atoms with E-state index < -0.39 is 12.1 Å². The van der Waals surface area contributed by atoms with Gasteiger partial charge >= 0.3 is 5.97 Å². The molecule has 0 aliphatic heterocycles. The lowest BCUT2D eigenvalue weighted by molar-refractivity contribution is -0.138. The summed E-state index contributed by atoms with van der Waals surface area (Å²) in [4.78, 5) is 33.1. The van der Waals surface area contributed by atoms with Crippen molar-refractivity contribution in [3.8, 4) is 10.6 Å². The number of likely N-dealkylation sites (N-methyl/N-ethyl adjacent to an activating group) is 1. The topological polar surface area (TPSA) is 59.5 Å². The average Bonchev–Trinajstić information content (AvgIpc) is 3.31. The summed E-state index contributed by atoms with van der Waals surface area (Å²) in [6.07, 6.45) is -1.02. The fourth-order valence-corrected chi connectivity index (χ4v) is 3.87. The van der Waals surface area contributed by atoms with Crippen LogP contribution in [-0.4, -0.2) is 35.9 Å². The zero-order valence-corrected chi connectivity index (χ0v) is 17.4. The molecule has 4 rings (SSSR count). The van der Waals surface area contributed by atoms with Crippen molar-refractivity contribution >= 4 is 34.1 Å². The molecule has 0 radical (unpaired) electrons. The summed E-state index contributed by atoms with van der Waals surface area (Å²) >= 11 is 1.55. The Kier molecular flexibility index (Phi) is 5.59. The van der Waals surface area contributed by atoms with Crippen molar-refractivity contribution in [3.05, 3.63) is 89.3 Å². The van der Waals surface area contributed by atoms with Gasteiger partial charge in [-0.2, -0.15) is 0 Å². The number of para-hydroxylation sites is 1. The van der Waals surface area contributed by atoms with Crippen molar-refractivity contribution in [3.63, 3.8) is 0 Å². The second-order valence-electron chi connectivity index (χ2n) is 6.98. The van der Waals surface area contributed by atoms with Crippen molar-refractivity contribution in [1.82, 2.24) is 9.88 Å². The van der Waals surface area contributed by atoms with E-state index in [0.29, 0.717) is 27.7 Å². The molecule has 30 heavy (non-hydrogen) atoms. The normalized spacial score (nSPS) is 11.8. The number of pyridine rings is 1. The Morgan fingerprint density at radius 3 is 2.40 bits per heavy atom. The molecule has 6 heteroatoms. The van der Waals surface area contributed by atoms with Crippen LogP contribution in [0.3, 0.4) is 0 Å². The molecular weight excluding hydrogens is 396 g/mol. The van der Waals surface area contributed by atoms with Crippen LogP contribution in [0.25, 0.3) is 21.5 Å². The molecular formula is C24H20N2O3S. The lowest BCUT2D eigenvalue weighted by Gasteiger charge is -2.21. The first-order chi connectivity index (χ1) is 14.5. The van der Waals surface area contributed by atoms with Crippen LogP contribution in [0.5, 0.6) is 0 Å². The van der Waals surface area contributed by atoms with Crippen molar-refractivity contribution in [2.24, 2.45) is 0 Å². The van der Waals surface area contributed by atoms with Gasteiger partial charge < -0.3 is 9.64 Å². The number of benzene rings is 2. The quantitative estimate of drug-likeness (QED) is 0.432. The van der Waals surface area contributed by atoms with Gasteiger partial charge in [0.15, 0.2) is 0 Å². The fraction of sp³-hybridized carbons (Fsp3) is 0.125. The van der Waals surface area contributed by atoms with E-state index in [1.165, 1.54) is 4.90 Å². The Morgan fingerprint density at radius 1 is 0.967 bits per heavy atom. The van der Waals surface area contributed by atoms with Crippen molar-refractivity contribution in [1.29, 1.82) is 0 Å². The lowest BCUT2D eigenvalue weighted by atomic mass is 10.1. The number of nitrogens with zero attached hydrogens (tertiary/aromatic N) is 2. The molecule has 1 unspecified atom stereocenters. The number of rotatable bonds is 5. The Hall–Kier alpha value is -3.51. The van der Waals surface area contributed by atoms with Gasteiger partial charge in [0, 0.05) is 25.0 Å². The van der Waals surface area contributed by atoms with Crippen LogP contribution in [0.4, 0.5) is 0 Å². The monoisotopic (exact) mass is 416 g/mol. The number of hydrogen-bond donors (Lipinski definition) is 0. The van der Waals surface area contributed by atoms with Crippen molar-refractivity contribution in [2.75, 3.05) is 14.1 Å². The van der Waals surface area contributed by atoms with Crippen LogP contribution in [0.1, 0.15) is 22.0 Å². The first-order valence-electron chi connectivity index (χ1n) is 9.45. The summed E-state index contributed by atoms with van der Waals surface area (Å²) in [6, 6.07) is 22.1. The minimum atomic E-state index is -1.02. The van der Waals surface area contributed by atoms with Gasteiger partial charge in [0.2, 0.25) is 6.10 Å². The highest BCUT2D eigenvalue weighted by molar-refractivity contribution is 7.13. The molecule has 4 aromatic rings. The summed E-state index contributed by atoms with van der Waals surface area (Å²) in [6.45, 7) is 0. The fourth-order valence-electron chi connectivity index (χ4n) is 3.19. The van der Waals surface area contributed by atoms with Crippen molar-refractivity contribution < 1.29 is 14.3 Å². The molecule has 0 aliphatic carbocycles. The van der Waals surface area contributed by atoms with Gasteiger partial charge in [0.1, 0.15) is 0 Å². The molecule has 150 valence electrons. The number of carbonyl (C=O) groups excluding carboxylic acids is 2. The predicted octanol–water partition coefficient (Wildman–Crippen LogP) is 4.95. The molecule has 0 spiro atoms. The smallest absolute Gasteiger partial charge is 0.340 e. The lowest BCUT2D eigenvalue weighted by Crippen LogP contribution is -2.31.